The summed E-state index contributed by atoms with van der Waals surface area (Å²) in [5.41, 5.74) is 0. The molecule has 1 aliphatic rings. The van der Waals surface area contributed by atoms with Crippen LogP contribution in [0.15, 0.2) is 11.8 Å². The van der Waals surface area contributed by atoms with E-state index in [0.717, 1.165) is 25.4 Å². The first-order valence-electron chi connectivity index (χ1n) is 5.84. The number of ether oxygens (including phenoxy) is 1. The van der Waals surface area contributed by atoms with Crippen LogP contribution in [0.3, 0.4) is 0 Å². The first kappa shape index (κ1) is 13.1. The zero-order chi connectivity index (χ0) is 11.8. The molecule has 1 rings (SSSR count). The Balaban J connectivity index is 2.17. The van der Waals surface area contributed by atoms with Gasteiger partial charge in [0.15, 0.2) is 5.76 Å². The third kappa shape index (κ3) is 4.67. The summed E-state index contributed by atoms with van der Waals surface area (Å²) in [7, 11) is 0. The molecule has 90 valence electrons. The highest BCUT2D eigenvalue weighted by molar-refractivity contribution is 5.21. The molecule has 0 saturated carbocycles. The second-order valence-electron chi connectivity index (χ2n) is 3.89. The van der Waals surface area contributed by atoms with Gasteiger partial charge in [-0.15, -0.1) is 0 Å². The lowest BCUT2D eigenvalue weighted by Crippen LogP contribution is -2.36. The molecule has 0 aliphatic carbocycles. The smallest absolute Gasteiger partial charge is 0.165 e. The Kier molecular flexibility index (Phi) is 5.95. The maximum Gasteiger partial charge on any atom is 0.165 e. The van der Waals surface area contributed by atoms with Gasteiger partial charge in [-0.25, -0.2) is 4.39 Å². The van der Waals surface area contributed by atoms with Crippen molar-refractivity contribution >= 4 is 0 Å². The van der Waals surface area contributed by atoms with Crippen LogP contribution in [0.25, 0.3) is 0 Å². The molecule has 0 N–H and O–H groups in total. The number of piperidine rings is 1. The monoisotopic (exact) mass is 225 g/mol. The Morgan fingerprint density at radius 3 is 2.75 bits per heavy atom. The molecule has 0 bridgehead atoms. The summed E-state index contributed by atoms with van der Waals surface area (Å²) >= 11 is 0. The van der Waals surface area contributed by atoms with Gasteiger partial charge in [0.05, 0.1) is 0 Å². The summed E-state index contributed by atoms with van der Waals surface area (Å²) in [6.45, 7) is 6.87. The van der Waals surface area contributed by atoms with E-state index in [-0.39, 0.29) is 0 Å². The van der Waals surface area contributed by atoms with E-state index < -0.39 is 6.17 Å². The quantitative estimate of drug-likeness (QED) is 0.538. The van der Waals surface area contributed by atoms with Gasteiger partial charge in [0.25, 0.3) is 0 Å². The summed E-state index contributed by atoms with van der Waals surface area (Å²) in [5.74, 6) is 6.42. The number of halogens is 1. The van der Waals surface area contributed by atoms with Crippen molar-refractivity contribution in [2.24, 2.45) is 0 Å². The van der Waals surface area contributed by atoms with Crippen LogP contribution in [0.2, 0.25) is 0 Å². The van der Waals surface area contributed by atoms with Gasteiger partial charge >= 0.3 is 0 Å². The maximum atomic E-state index is 12.9. The van der Waals surface area contributed by atoms with E-state index in [4.69, 9.17) is 4.74 Å². The van der Waals surface area contributed by atoms with E-state index in [1.807, 2.05) is 13.0 Å². The molecule has 0 amide bonds. The molecular weight excluding hydrogens is 205 g/mol. The summed E-state index contributed by atoms with van der Waals surface area (Å²) in [6, 6.07) is 0. The maximum absolute atomic E-state index is 12.9. The highest BCUT2D eigenvalue weighted by atomic mass is 19.1. The molecule has 1 saturated heterocycles. The lowest BCUT2D eigenvalue weighted by atomic mass is 10.1. The lowest BCUT2D eigenvalue weighted by Gasteiger charge is -2.28. The van der Waals surface area contributed by atoms with E-state index in [1.54, 1.807) is 6.92 Å². The van der Waals surface area contributed by atoms with Crippen molar-refractivity contribution in [1.29, 1.82) is 0 Å². The van der Waals surface area contributed by atoms with Crippen LogP contribution in [-0.4, -0.2) is 37.3 Å². The molecule has 3 heteroatoms. The van der Waals surface area contributed by atoms with Crippen LogP contribution in [0.4, 0.5) is 4.39 Å². The fraction of sp³-hybridized carbons (Fsp3) is 0.692. The molecule has 2 nitrogen and oxygen atoms in total. The van der Waals surface area contributed by atoms with Gasteiger partial charge in [-0.1, -0.05) is 5.92 Å². The van der Waals surface area contributed by atoms with Gasteiger partial charge in [-0.3, -0.25) is 4.90 Å². The lowest BCUT2D eigenvalue weighted by molar-refractivity contribution is 0.116. The Bertz CT molecular complexity index is 282. The van der Waals surface area contributed by atoms with Crippen LogP contribution in [-0.2, 0) is 4.74 Å². The van der Waals surface area contributed by atoms with Gasteiger partial charge in [-0.05, 0) is 38.7 Å². The third-order valence-electron chi connectivity index (χ3n) is 2.69. The van der Waals surface area contributed by atoms with E-state index >= 15 is 0 Å². The molecule has 1 fully saturated rings. The first-order valence-corrected chi connectivity index (χ1v) is 5.84. The normalized spacial score (nSPS) is 19.1. The number of allylic oxidation sites excluding steroid dienone is 2. The molecule has 0 unspecified atom stereocenters. The third-order valence-corrected chi connectivity index (χ3v) is 2.69. The van der Waals surface area contributed by atoms with Gasteiger partial charge in [0, 0.05) is 19.6 Å². The summed E-state index contributed by atoms with van der Waals surface area (Å²) in [5, 5.41) is 0. The molecule has 0 radical (unpaired) electrons. The van der Waals surface area contributed by atoms with Crippen LogP contribution in [0.1, 0.15) is 26.7 Å². The molecule has 0 spiro atoms. The SMILES string of the molecule is CC#C/C(=C/C)OCCN1CCC(F)CC1. The molecule has 16 heavy (non-hydrogen) atoms. The molecule has 1 heterocycles. The topological polar surface area (TPSA) is 12.5 Å². The molecule has 0 aromatic carbocycles. The number of hydrogen-bond donors (Lipinski definition) is 0. The predicted octanol–water partition coefficient (Wildman–Crippen LogP) is 2.36. The largest absolute Gasteiger partial charge is 0.484 e. The van der Waals surface area contributed by atoms with Crippen molar-refractivity contribution < 1.29 is 9.13 Å². The molecular formula is C13H20FNO. The molecule has 0 aromatic rings. The van der Waals surface area contributed by atoms with Crippen LogP contribution < -0.4 is 0 Å². The summed E-state index contributed by atoms with van der Waals surface area (Å²) in [6.07, 6.45) is 2.58. The summed E-state index contributed by atoms with van der Waals surface area (Å²) in [4.78, 5) is 2.24. The van der Waals surface area contributed by atoms with Crippen LogP contribution >= 0.6 is 0 Å². The van der Waals surface area contributed by atoms with Gasteiger partial charge in [0.1, 0.15) is 12.8 Å². The zero-order valence-corrected chi connectivity index (χ0v) is 10.1. The minimum Gasteiger partial charge on any atom is -0.484 e. The van der Waals surface area contributed by atoms with Crippen molar-refractivity contribution in [2.45, 2.75) is 32.9 Å². The van der Waals surface area contributed by atoms with E-state index in [2.05, 4.69) is 16.7 Å². The van der Waals surface area contributed by atoms with E-state index in [9.17, 15) is 4.39 Å². The van der Waals surface area contributed by atoms with E-state index in [1.165, 1.54) is 0 Å². The van der Waals surface area contributed by atoms with Crippen LogP contribution in [0, 0.1) is 11.8 Å². The van der Waals surface area contributed by atoms with Crippen molar-refractivity contribution in [2.75, 3.05) is 26.2 Å². The number of rotatable bonds is 4. The zero-order valence-electron chi connectivity index (χ0n) is 10.1. The first-order chi connectivity index (χ1) is 7.76. The van der Waals surface area contributed by atoms with Crippen LogP contribution in [0.5, 0.6) is 0 Å². The van der Waals surface area contributed by atoms with Crippen molar-refractivity contribution in [3.63, 3.8) is 0 Å². The molecule has 1 aliphatic heterocycles. The highest BCUT2D eigenvalue weighted by Crippen LogP contribution is 2.12. The Morgan fingerprint density at radius 2 is 2.19 bits per heavy atom. The minimum absolute atomic E-state index is 0.603. The molecule has 0 aromatic heterocycles. The van der Waals surface area contributed by atoms with Gasteiger partial charge in [0.2, 0.25) is 0 Å². The van der Waals surface area contributed by atoms with Crippen molar-refractivity contribution in [1.82, 2.24) is 4.90 Å². The average molecular weight is 225 g/mol. The number of nitrogens with zero attached hydrogens (tertiary/aromatic N) is 1. The fourth-order valence-electron chi connectivity index (χ4n) is 1.72. The average Bonchev–Trinajstić information content (AvgIpc) is 2.30. The highest BCUT2D eigenvalue weighted by Gasteiger charge is 2.17. The second kappa shape index (κ2) is 7.29. The number of alkyl halides is 1. The number of likely N-dealkylation sites (tertiary alicyclic amines) is 1. The van der Waals surface area contributed by atoms with E-state index in [0.29, 0.717) is 19.4 Å². The van der Waals surface area contributed by atoms with Crippen molar-refractivity contribution in [3.05, 3.63) is 11.8 Å². The predicted molar refractivity (Wildman–Crippen MR) is 63.7 cm³/mol. The van der Waals surface area contributed by atoms with Crippen molar-refractivity contribution in [3.8, 4) is 11.8 Å². The fourth-order valence-corrected chi connectivity index (χ4v) is 1.72. The Labute approximate surface area is 97.5 Å². The van der Waals surface area contributed by atoms with Gasteiger partial charge in [-0.2, -0.15) is 0 Å². The minimum atomic E-state index is -0.603. The Morgan fingerprint density at radius 1 is 1.50 bits per heavy atom. The number of hydrogen-bond acceptors (Lipinski definition) is 2. The Hall–Kier alpha value is -1.01. The van der Waals surface area contributed by atoms with Gasteiger partial charge < -0.3 is 4.74 Å². The molecule has 0 atom stereocenters. The second-order valence-corrected chi connectivity index (χ2v) is 3.89. The standard InChI is InChI=1S/C13H20FNO/c1-3-5-13(4-2)16-11-10-15-8-6-12(14)7-9-15/h4,12H,6-11H2,1-2H3/b13-4-. The summed E-state index contributed by atoms with van der Waals surface area (Å²) < 4.78 is 18.4.